The Morgan fingerprint density at radius 1 is 0.923 bits per heavy atom. The Morgan fingerprint density at radius 2 is 1.72 bits per heavy atom. The van der Waals surface area contributed by atoms with Crippen molar-refractivity contribution in [3.05, 3.63) is 53.9 Å². The van der Waals surface area contributed by atoms with Gasteiger partial charge in [-0.25, -0.2) is 9.97 Å². The molecule has 204 valence electrons. The highest BCUT2D eigenvalue weighted by Gasteiger charge is 2.25. The van der Waals surface area contributed by atoms with Gasteiger partial charge in [-0.05, 0) is 31.7 Å². The second-order valence-corrected chi connectivity index (χ2v) is 10.3. The van der Waals surface area contributed by atoms with Gasteiger partial charge in [0.2, 0.25) is 5.95 Å². The lowest BCUT2D eigenvalue weighted by Gasteiger charge is -2.36. The molecule has 4 aromatic rings. The van der Waals surface area contributed by atoms with Crippen LogP contribution in [-0.4, -0.2) is 85.9 Å². The van der Waals surface area contributed by atoms with Crippen molar-refractivity contribution in [3.63, 3.8) is 0 Å². The van der Waals surface area contributed by atoms with E-state index in [1.54, 1.807) is 20.3 Å². The molecule has 2 aliphatic heterocycles. The van der Waals surface area contributed by atoms with Crippen LogP contribution in [0.25, 0.3) is 16.9 Å². The number of ether oxygens (including phenoxy) is 2. The summed E-state index contributed by atoms with van der Waals surface area (Å²) in [6.07, 6.45) is 7.04. The van der Waals surface area contributed by atoms with Crippen molar-refractivity contribution in [2.24, 2.45) is 0 Å². The summed E-state index contributed by atoms with van der Waals surface area (Å²) in [7, 11) is 5.24. The van der Waals surface area contributed by atoms with Gasteiger partial charge >= 0.3 is 0 Å². The van der Waals surface area contributed by atoms with Crippen molar-refractivity contribution in [2.75, 3.05) is 75.2 Å². The Balaban J connectivity index is 1.16. The zero-order chi connectivity index (χ0) is 26.9. The highest BCUT2D eigenvalue weighted by atomic mass is 35.5. The smallest absolute Gasteiger partial charge is 0.227 e. The molecule has 11 heteroatoms. The number of likely N-dealkylation sites (N-methyl/N-ethyl adjacent to an activating group) is 1. The van der Waals surface area contributed by atoms with Gasteiger partial charge in [0.05, 0.1) is 24.9 Å². The summed E-state index contributed by atoms with van der Waals surface area (Å²) in [4.78, 5) is 21.3. The lowest BCUT2D eigenvalue weighted by Crippen LogP contribution is -2.47. The van der Waals surface area contributed by atoms with Crippen LogP contribution in [0, 0.1) is 0 Å². The van der Waals surface area contributed by atoms with E-state index in [1.165, 1.54) is 0 Å². The van der Waals surface area contributed by atoms with Crippen molar-refractivity contribution in [3.8, 4) is 22.8 Å². The van der Waals surface area contributed by atoms with Gasteiger partial charge in [-0.3, -0.25) is 0 Å². The zero-order valence-corrected chi connectivity index (χ0v) is 23.2. The average Bonchev–Trinajstić information content (AvgIpc) is 3.64. The first kappa shape index (κ1) is 25.5. The number of hydrogen-bond acceptors (Lipinski definition) is 9. The van der Waals surface area contributed by atoms with E-state index in [4.69, 9.17) is 31.0 Å². The molecule has 1 unspecified atom stereocenters. The second-order valence-electron chi connectivity index (χ2n) is 9.87. The maximum atomic E-state index is 6.40. The van der Waals surface area contributed by atoms with Crippen LogP contribution >= 0.6 is 11.6 Å². The van der Waals surface area contributed by atoms with Crippen molar-refractivity contribution >= 4 is 34.7 Å². The van der Waals surface area contributed by atoms with Crippen molar-refractivity contribution in [1.29, 1.82) is 0 Å². The fraction of sp³-hybridized carbons (Fsp3) is 0.393. The summed E-state index contributed by atoms with van der Waals surface area (Å²) in [6, 6.07) is 10.4. The van der Waals surface area contributed by atoms with Gasteiger partial charge < -0.3 is 33.9 Å². The summed E-state index contributed by atoms with van der Waals surface area (Å²) < 4.78 is 12.9. The van der Waals surface area contributed by atoms with E-state index < -0.39 is 0 Å². The van der Waals surface area contributed by atoms with Gasteiger partial charge in [0, 0.05) is 87.3 Å². The number of nitrogens with zero attached hydrogens (tertiary/aromatic N) is 7. The first-order valence-corrected chi connectivity index (χ1v) is 13.6. The fourth-order valence-electron chi connectivity index (χ4n) is 5.40. The van der Waals surface area contributed by atoms with Crippen LogP contribution in [0.15, 0.2) is 48.9 Å². The Morgan fingerprint density at radius 3 is 2.46 bits per heavy atom. The van der Waals surface area contributed by atoms with Gasteiger partial charge in [0.15, 0.2) is 0 Å². The molecule has 0 spiro atoms. The maximum Gasteiger partial charge on any atom is 0.227 e. The molecule has 0 bridgehead atoms. The molecule has 0 aliphatic carbocycles. The molecule has 6 rings (SSSR count). The topological polar surface area (TPSA) is 83.3 Å². The van der Waals surface area contributed by atoms with Crippen LogP contribution in [0.3, 0.4) is 0 Å². The summed E-state index contributed by atoms with van der Waals surface area (Å²) in [5.74, 6) is 3.05. The highest BCUT2D eigenvalue weighted by Crippen LogP contribution is 2.38. The molecule has 0 saturated carbocycles. The number of anilines is 3. The highest BCUT2D eigenvalue weighted by molar-refractivity contribution is 6.32. The van der Waals surface area contributed by atoms with E-state index in [0.717, 1.165) is 80.0 Å². The Kier molecular flexibility index (Phi) is 7.05. The number of rotatable bonds is 7. The number of hydrogen-bond donors (Lipinski definition) is 1. The summed E-state index contributed by atoms with van der Waals surface area (Å²) in [6.45, 7) is 5.51. The Bertz CT molecular complexity index is 1470. The van der Waals surface area contributed by atoms with Crippen LogP contribution in [0.4, 0.5) is 17.5 Å². The van der Waals surface area contributed by atoms with Crippen LogP contribution in [0.1, 0.15) is 6.42 Å². The van der Waals surface area contributed by atoms with Gasteiger partial charge in [-0.2, -0.15) is 4.98 Å². The van der Waals surface area contributed by atoms with Crippen molar-refractivity contribution in [2.45, 2.75) is 12.5 Å². The molecule has 1 aromatic carbocycles. The first-order chi connectivity index (χ1) is 19.1. The quantitative estimate of drug-likeness (QED) is 0.372. The van der Waals surface area contributed by atoms with Crippen LogP contribution in [0.5, 0.6) is 11.5 Å². The number of piperazine rings is 1. The van der Waals surface area contributed by atoms with Gasteiger partial charge in [0.25, 0.3) is 0 Å². The molecule has 0 amide bonds. The second kappa shape index (κ2) is 10.8. The predicted octanol–water partition coefficient (Wildman–Crippen LogP) is 3.59. The monoisotopic (exact) mass is 548 g/mol. The van der Waals surface area contributed by atoms with E-state index >= 15 is 0 Å². The molecule has 0 radical (unpaired) electrons. The SMILES string of the molecule is CNC1CCN(c2nccc(N3CCN(c4ccn5cc(-c6cc(Cl)c(OC)cc6OC)nc5c4)CC3)n2)C1. The number of pyridine rings is 1. The van der Waals surface area contributed by atoms with E-state index in [9.17, 15) is 0 Å². The lowest BCUT2D eigenvalue weighted by molar-refractivity contribution is 0.395. The molecule has 2 saturated heterocycles. The number of benzene rings is 1. The minimum absolute atomic E-state index is 0.500. The third-order valence-corrected chi connectivity index (χ3v) is 7.97. The average molecular weight is 549 g/mol. The van der Waals surface area contributed by atoms with Gasteiger partial charge in [0.1, 0.15) is 23.0 Å². The molecule has 1 N–H and O–H groups in total. The molecule has 5 heterocycles. The zero-order valence-electron chi connectivity index (χ0n) is 22.5. The van der Waals surface area contributed by atoms with Crippen LogP contribution in [-0.2, 0) is 0 Å². The summed E-state index contributed by atoms with van der Waals surface area (Å²) >= 11 is 6.40. The van der Waals surface area contributed by atoms with Gasteiger partial charge in [-0.1, -0.05) is 11.6 Å². The van der Waals surface area contributed by atoms with E-state index in [-0.39, 0.29) is 0 Å². The summed E-state index contributed by atoms with van der Waals surface area (Å²) in [5.41, 5.74) is 3.63. The van der Waals surface area contributed by atoms with E-state index in [1.807, 2.05) is 36.0 Å². The molecule has 2 aliphatic rings. The fourth-order valence-corrected chi connectivity index (χ4v) is 5.64. The first-order valence-electron chi connectivity index (χ1n) is 13.2. The number of aromatic nitrogens is 4. The van der Waals surface area contributed by atoms with Crippen LogP contribution in [0.2, 0.25) is 5.02 Å². The van der Waals surface area contributed by atoms with Gasteiger partial charge in [-0.15, -0.1) is 0 Å². The van der Waals surface area contributed by atoms with E-state index in [2.05, 4.69) is 43.3 Å². The van der Waals surface area contributed by atoms with Crippen LogP contribution < -0.4 is 29.5 Å². The molecule has 39 heavy (non-hydrogen) atoms. The maximum absolute atomic E-state index is 6.40. The number of fused-ring (bicyclic) bond motifs is 1. The van der Waals surface area contributed by atoms with Crippen molar-refractivity contribution < 1.29 is 9.47 Å². The molecule has 1 atom stereocenters. The molecule has 10 nitrogen and oxygen atoms in total. The molecular weight excluding hydrogens is 516 g/mol. The largest absolute Gasteiger partial charge is 0.496 e. The number of nitrogens with one attached hydrogen (secondary N) is 1. The predicted molar refractivity (Wildman–Crippen MR) is 155 cm³/mol. The standard InChI is InChI=1S/C28H33ClN8O2/c1-30-19-5-8-37(17-19)28-31-7-4-26(33-28)35-12-10-34(11-13-35)20-6-9-36-18-23(32-27(36)14-20)21-15-22(29)25(39-3)16-24(21)38-2/h4,6-7,9,14-16,18-19,30H,5,8,10-13,17H2,1-3H3. The lowest BCUT2D eigenvalue weighted by atomic mass is 10.1. The molecular formula is C28H33ClN8O2. The normalized spacial score (nSPS) is 17.7. The number of methoxy groups -OCH3 is 2. The number of halogens is 1. The Hall–Kier alpha value is -3.76. The van der Waals surface area contributed by atoms with Crippen molar-refractivity contribution in [1.82, 2.24) is 24.7 Å². The minimum atomic E-state index is 0.500. The minimum Gasteiger partial charge on any atom is -0.496 e. The third-order valence-electron chi connectivity index (χ3n) is 7.67. The summed E-state index contributed by atoms with van der Waals surface area (Å²) in [5, 5.41) is 3.88. The number of imidazole rings is 1. The molecule has 3 aromatic heterocycles. The molecule has 2 fully saturated rings. The Labute approximate surface area is 233 Å². The third kappa shape index (κ3) is 5.02. The van der Waals surface area contributed by atoms with E-state index in [0.29, 0.717) is 22.6 Å².